The lowest BCUT2D eigenvalue weighted by Gasteiger charge is -2.14. The van der Waals surface area contributed by atoms with Crippen LogP contribution in [-0.4, -0.2) is 314 Å². The molecule has 0 radical (unpaired) electrons. The zero-order valence-electron chi connectivity index (χ0n) is 43.1. The van der Waals surface area contributed by atoms with Crippen LogP contribution in [0.1, 0.15) is 0 Å². The normalized spacial score (nSPS) is 11.7. The molecule has 0 saturated carbocycles. The SMILES string of the molecule is COCCOCCOCCOCCOCCOCCOCC[O][Al]([O]CCOCCOCCOCCOCCOCCOCCOC)[O]CCOCCOCCOCCOCCOCCOCCOC. The minimum Gasteiger partial charge on any atom is -0.452 e. The summed E-state index contributed by atoms with van der Waals surface area (Å²) in [6.07, 6.45) is 0. The van der Waals surface area contributed by atoms with Crippen LogP contribution in [0.2, 0.25) is 0 Å². The van der Waals surface area contributed by atoms with Gasteiger partial charge in [0.2, 0.25) is 0 Å². The Bertz CT molecular complexity index is 805. The highest BCUT2D eigenvalue weighted by molar-refractivity contribution is 6.36. The van der Waals surface area contributed by atoms with E-state index in [1.54, 1.807) is 21.3 Å². The van der Waals surface area contributed by atoms with Gasteiger partial charge >= 0.3 is 15.1 Å². The highest BCUT2D eigenvalue weighted by Crippen LogP contribution is 1.96. The summed E-state index contributed by atoms with van der Waals surface area (Å²) in [5, 5.41) is 0. The largest absolute Gasteiger partial charge is 0.905 e. The molecule has 0 aliphatic carbocycles. The molecule has 0 aromatic heterocycles. The third kappa shape index (κ3) is 63.7. The Morgan fingerprint density at radius 3 is 0.357 bits per heavy atom. The molecule has 0 fully saturated rings. The Labute approximate surface area is 423 Å². The maximum atomic E-state index is 5.91. The summed E-state index contributed by atoms with van der Waals surface area (Å²) in [5.74, 6) is 0. The van der Waals surface area contributed by atoms with Crippen LogP contribution in [0.5, 0.6) is 0 Å². The van der Waals surface area contributed by atoms with Crippen molar-refractivity contribution in [1.82, 2.24) is 0 Å². The molecule has 0 aliphatic heterocycles. The third-order valence-corrected chi connectivity index (χ3v) is 9.84. The second kappa shape index (κ2) is 66.6. The van der Waals surface area contributed by atoms with E-state index in [1.807, 2.05) is 0 Å². The maximum Gasteiger partial charge on any atom is 0.905 e. The van der Waals surface area contributed by atoms with E-state index in [0.29, 0.717) is 277 Å². The summed E-state index contributed by atoms with van der Waals surface area (Å²) >= 11 is -2.49. The molecular weight excluding hydrogens is 951 g/mol. The fraction of sp³-hybridized carbons (Fsp3) is 1.00. The van der Waals surface area contributed by atoms with Crippen LogP contribution in [0.25, 0.3) is 0 Å². The first-order valence-corrected chi connectivity index (χ1v) is 26.0. The number of rotatable bonds is 66. The lowest BCUT2D eigenvalue weighted by atomic mass is 10.6. The Morgan fingerprint density at radius 1 is 0.143 bits per heavy atom. The van der Waals surface area contributed by atoms with E-state index >= 15 is 0 Å². The highest BCUT2D eigenvalue weighted by Gasteiger charge is 2.30. The Kier molecular flexibility index (Phi) is 66.2. The van der Waals surface area contributed by atoms with Crippen LogP contribution < -0.4 is 0 Å². The zero-order valence-corrected chi connectivity index (χ0v) is 44.2. The molecular formula is C45H93AlO24. The van der Waals surface area contributed by atoms with Crippen molar-refractivity contribution in [1.29, 1.82) is 0 Å². The van der Waals surface area contributed by atoms with Gasteiger partial charge in [0.1, 0.15) is 0 Å². The fourth-order valence-electron chi connectivity index (χ4n) is 4.79. The van der Waals surface area contributed by atoms with E-state index in [1.165, 1.54) is 0 Å². The van der Waals surface area contributed by atoms with Crippen molar-refractivity contribution in [2.45, 2.75) is 0 Å². The summed E-state index contributed by atoms with van der Waals surface area (Å²) in [4.78, 5) is 0. The minimum atomic E-state index is -2.49. The van der Waals surface area contributed by atoms with Crippen molar-refractivity contribution in [3.8, 4) is 0 Å². The van der Waals surface area contributed by atoms with Gasteiger partial charge in [-0.2, -0.15) is 0 Å². The lowest BCUT2D eigenvalue weighted by molar-refractivity contribution is -0.0255. The van der Waals surface area contributed by atoms with E-state index in [4.69, 9.17) is 111 Å². The van der Waals surface area contributed by atoms with Crippen LogP contribution in [0.4, 0.5) is 0 Å². The molecule has 0 atom stereocenters. The summed E-state index contributed by atoms with van der Waals surface area (Å²) in [6.45, 7) is 19.8. The van der Waals surface area contributed by atoms with E-state index in [0.717, 1.165) is 0 Å². The van der Waals surface area contributed by atoms with Crippen molar-refractivity contribution in [2.75, 3.05) is 299 Å². The standard InChI is InChI=1S/3C15H31O8.Al/c3*1-17-4-5-19-8-9-21-12-13-23-15-14-22-11-10-20-7-6-18-3-2-16;/h3*2-15H2,1H3;/q3*-1;+3. The van der Waals surface area contributed by atoms with Crippen molar-refractivity contribution in [3.63, 3.8) is 0 Å². The minimum absolute atomic E-state index is 0.305. The first-order chi connectivity index (χ1) is 34.8. The summed E-state index contributed by atoms with van der Waals surface area (Å²) in [6, 6.07) is 0. The number of hydrogen-bond acceptors (Lipinski definition) is 24. The van der Waals surface area contributed by atoms with Crippen LogP contribution >= 0.6 is 0 Å². The van der Waals surface area contributed by atoms with E-state index in [2.05, 4.69) is 0 Å². The molecule has 0 rings (SSSR count). The van der Waals surface area contributed by atoms with Gasteiger partial charge in [-0.1, -0.05) is 0 Å². The van der Waals surface area contributed by atoms with Gasteiger partial charge in [0.25, 0.3) is 0 Å². The molecule has 0 unspecified atom stereocenters. The zero-order chi connectivity index (χ0) is 50.2. The second-order valence-corrected chi connectivity index (χ2v) is 15.5. The monoisotopic (exact) mass is 1040 g/mol. The van der Waals surface area contributed by atoms with Gasteiger partial charge in [-0.3, -0.25) is 0 Å². The highest BCUT2D eigenvalue weighted by atomic mass is 27.3. The summed E-state index contributed by atoms with van der Waals surface area (Å²) in [7, 11) is 4.92. The molecule has 0 aliphatic rings. The average molecular weight is 1050 g/mol. The predicted molar refractivity (Wildman–Crippen MR) is 254 cm³/mol. The van der Waals surface area contributed by atoms with Gasteiger partial charge in [-0.15, -0.1) is 0 Å². The van der Waals surface area contributed by atoms with Gasteiger partial charge in [0.05, 0.1) is 258 Å². The summed E-state index contributed by atoms with van der Waals surface area (Å²) in [5.41, 5.74) is 0. The van der Waals surface area contributed by atoms with Gasteiger partial charge < -0.3 is 111 Å². The van der Waals surface area contributed by atoms with Crippen molar-refractivity contribution in [2.24, 2.45) is 0 Å². The van der Waals surface area contributed by atoms with Gasteiger partial charge in [-0.25, -0.2) is 0 Å². The molecule has 420 valence electrons. The number of methoxy groups -OCH3 is 3. The van der Waals surface area contributed by atoms with Crippen LogP contribution in [0.3, 0.4) is 0 Å². The van der Waals surface area contributed by atoms with Crippen molar-refractivity contribution < 1.29 is 111 Å². The molecule has 0 saturated heterocycles. The van der Waals surface area contributed by atoms with Crippen LogP contribution in [-0.2, 0) is 111 Å². The van der Waals surface area contributed by atoms with E-state index in [9.17, 15) is 0 Å². The lowest BCUT2D eigenvalue weighted by Crippen LogP contribution is -2.32. The Morgan fingerprint density at radius 2 is 0.243 bits per heavy atom. The molecule has 0 spiro atoms. The van der Waals surface area contributed by atoms with Gasteiger partial charge in [-0.05, 0) is 0 Å². The molecule has 0 bridgehead atoms. The smallest absolute Gasteiger partial charge is 0.452 e. The molecule has 0 heterocycles. The second-order valence-electron chi connectivity index (χ2n) is 13.9. The van der Waals surface area contributed by atoms with Crippen molar-refractivity contribution >= 4 is 15.1 Å². The first kappa shape index (κ1) is 69.6. The Hall–Kier alpha value is -0.428. The first-order valence-electron chi connectivity index (χ1n) is 24.6. The molecule has 0 aromatic carbocycles. The molecule has 0 N–H and O–H groups in total. The van der Waals surface area contributed by atoms with Crippen molar-refractivity contribution in [3.05, 3.63) is 0 Å². The summed E-state index contributed by atoms with van der Waals surface area (Å²) < 4.78 is 132. The van der Waals surface area contributed by atoms with Crippen LogP contribution in [0, 0.1) is 0 Å². The average Bonchev–Trinajstić information content (AvgIpc) is 3.37. The van der Waals surface area contributed by atoms with E-state index < -0.39 is 15.1 Å². The van der Waals surface area contributed by atoms with Gasteiger partial charge in [0, 0.05) is 41.2 Å². The molecule has 24 nitrogen and oxygen atoms in total. The number of ether oxygens (including phenoxy) is 21. The number of hydrogen-bond donors (Lipinski definition) is 0. The van der Waals surface area contributed by atoms with Crippen LogP contribution in [0.15, 0.2) is 0 Å². The van der Waals surface area contributed by atoms with Gasteiger partial charge in [0.15, 0.2) is 0 Å². The molecule has 0 aromatic rings. The van der Waals surface area contributed by atoms with E-state index in [-0.39, 0.29) is 0 Å². The molecule has 0 amide bonds. The topological polar surface area (TPSA) is 222 Å². The molecule has 25 heteroatoms. The third-order valence-electron chi connectivity index (χ3n) is 8.32. The predicted octanol–water partition coefficient (Wildman–Crippen LogP) is 0.259. The maximum absolute atomic E-state index is 5.91. The molecule has 70 heavy (non-hydrogen) atoms. The Balaban J connectivity index is 3.98. The quantitative estimate of drug-likeness (QED) is 0.0589. The fourth-order valence-corrected chi connectivity index (χ4v) is 5.94.